The summed E-state index contributed by atoms with van der Waals surface area (Å²) in [6.07, 6.45) is 4.51. The molecule has 0 N–H and O–H groups in total. The van der Waals surface area contributed by atoms with E-state index in [4.69, 9.17) is 0 Å². The van der Waals surface area contributed by atoms with Gasteiger partial charge in [-0.3, -0.25) is 0 Å². The van der Waals surface area contributed by atoms with Crippen LogP contribution in [0.4, 0.5) is 5.82 Å². The highest BCUT2D eigenvalue weighted by Crippen LogP contribution is 2.21. The van der Waals surface area contributed by atoms with Crippen LogP contribution in [0.2, 0.25) is 0 Å². The van der Waals surface area contributed by atoms with Gasteiger partial charge in [0.1, 0.15) is 5.82 Å². The third-order valence-corrected chi connectivity index (χ3v) is 3.01. The van der Waals surface area contributed by atoms with Crippen LogP contribution in [0.3, 0.4) is 0 Å². The van der Waals surface area contributed by atoms with Gasteiger partial charge in [-0.25, -0.2) is 4.98 Å². The minimum absolute atomic E-state index is 0.885. The van der Waals surface area contributed by atoms with Gasteiger partial charge in [0, 0.05) is 19.3 Å². The number of anilines is 1. The maximum atomic E-state index is 4.41. The molecule has 0 spiro atoms. The molecule has 2 nitrogen and oxygen atoms in total. The summed E-state index contributed by atoms with van der Waals surface area (Å²) in [6.45, 7) is 10.8. The van der Waals surface area contributed by atoms with Gasteiger partial charge in [0.15, 0.2) is 0 Å². The zero-order chi connectivity index (χ0) is 12.0. The van der Waals surface area contributed by atoms with Crippen LogP contribution >= 0.6 is 0 Å². The van der Waals surface area contributed by atoms with Crippen LogP contribution in [0.5, 0.6) is 0 Å². The van der Waals surface area contributed by atoms with Crippen molar-refractivity contribution in [1.29, 1.82) is 0 Å². The van der Waals surface area contributed by atoms with Gasteiger partial charge in [0.05, 0.1) is 0 Å². The van der Waals surface area contributed by atoms with E-state index in [0.29, 0.717) is 0 Å². The summed E-state index contributed by atoms with van der Waals surface area (Å²) >= 11 is 0. The highest BCUT2D eigenvalue weighted by molar-refractivity contribution is 5.40. The molecule has 1 aromatic heterocycles. The Balaban J connectivity index is 0.000000606. The standard InChI is InChI=1S/C12H18N2.C2H6/c1-10-4-7-14(8-5-10)12-9-11(2)3-6-13-12;1-2/h3,6,9-10H,4-5,7-8H2,1-2H3;1-2H3. The zero-order valence-electron chi connectivity index (χ0n) is 11.0. The van der Waals surface area contributed by atoms with Crippen molar-refractivity contribution in [3.05, 3.63) is 23.9 Å². The first-order valence-electron chi connectivity index (χ1n) is 6.43. The normalized spacial score (nSPS) is 16.6. The molecule has 0 saturated carbocycles. The molecule has 1 saturated heterocycles. The third-order valence-electron chi connectivity index (χ3n) is 3.01. The van der Waals surface area contributed by atoms with Crippen LogP contribution in [0.25, 0.3) is 0 Å². The largest absolute Gasteiger partial charge is 0.357 e. The third kappa shape index (κ3) is 3.51. The van der Waals surface area contributed by atoms with E-state index in [-0.39, 0.29) is 0 Å². The first-order valence-corrected chi connectivity index (χ1v) is 6.43. The molecule has 1 aliphatic rings. The van der Waals surface area contributed by atoms with E-state index < -0.39 is 0 Å². The van der Waals surface area contributed by atoms with Crippen molar-refractivity contribution in [3.63, 3.8) is 0 Å². The van der Waals surface area contributed by atoms with E-state index in [1.807, 2.05) is 20.0 Å². The highest BCUT2D eigenvalue weighted by Gasteiger charge is 2.16. The van der Waals surface area contributed by atoms with Crippen LogP contribution in [-0.4, -0.2) is 18.1 Å². The van der Waals surface area contributed by atoms with Crippen LogP contribution in [0.1, 0.15) is 39.2 Å². The molecule has 2 rings (SSSR count). The van der Waals surface area contributed by atoms with Crippen molar-refractivity contribution in [2.75, 3.05) is 18.0 Å². The second-order valence-electron chi connectivity index (χ2n) is 4.36. The van der Waals surface area contributed by atoms with E-state index in [9.17, 15) is 0 Å². The first kappa shape index (κ1) is 13.0. The molecule has 1 fully saturated rings. The molecule has 16 heavy (non-hydrogen) atoms. The quantitative estimate of drug-likeness (QED) is 0.718. The predicted molar refractivity (Wildman–Crippen MR) is 70.9 cm³/mol. The number of hydrogen-bond donors (Lipinski definition) is 0. The summed E-state index contributed by atoms with van der Waals surface area (Å²) < 4.78 is 0. The summed E-state index contributed by atoms with van der Waals surface area (Å²) in [6, 6.07) is 4.23. The van der Waals surface area contributed by atoms with E-state index in [1.165, 1.54) is 18.4 Å². The van der Waals surface area contributed by atoms with Gasteiger partial charge in [-0.15, -0.1) is 0 Å². The summed E-state index contributed by atoms with van der Waals surface area (Å²) in [4.78, 5) is 6.81. The Labute approximate surface area is 99.7 Å². The van der Waals surface area contributed by atoms with Crippen molar-refractivity contribution in [2.24, 2.45) is 5.92 Å². The fourth-order valence-corrected chi connectivity index (χ4v) is 1.93. The Morgan fingerprint density at radius 3 is 2.44 bits per heavy atom. The molecule has 1 aliphatic heterocycles. The van der Waals surface area contributed by atoms with Crippen LogP contribution < -0.4 is 4.90 Å². The summed E-state index contributed by atoms with van der Waals surface area (Å²) in [5, 5.41) is 0. The second-order valence-corrected chi connectivity index (χ2v) is 4.36. The molecule has 90 valence electrons. The number of hydrogen-bond acceptors (Lipinski definition) is 2. The monoisotopic (exact) mass is 220 g/mol. The minimum Gasteiger partial charge on any atom is -0.357 e. The van der Waals surface area contributed by atoms with Crippen LogP contribution in [-0.2, 0) is 0 Å². The number of aryl methyl sites for hydroxylation is 1. The van der Waals surface area contributed by atoms with Gasteiger partial charge < -0.3 is 4.90 Å². The SMILES string of the molecule is CC.Cc1ccnc(N2CCC(C)CC2)c1. The Morgan fingerprint density at radius 2 is 1.88 bits per heavy atom. The maximum absolute atomic E-state index is 4.41. The van der Waals surface area contributed by atoms with Gasteiger partial charge in [-0.05, 0) is 43.4 Å². The first-order chi connectivity index (χ1) is 7.75. The van der Waals surface area contributed by atoms with Gasteiger partial charge in [-0.1, -0.05) is 20.8 Å². The molecule has 2 heterocycles. The van der Waals surface area contributed by atoms with Gasteiger partial charge in [-0.2, -0.15) is 0 Å². The molecule has 0 atom stereocenters. The van der Waals surface area contributed by atoms with Crippen molar-refractivity contribution in [1.82, 2.24) is 4.98 Å². The van der Waals surface area contributed by atoms with E-state index in [0.717, 1.165) is 24.8 Å². The molecule has 0 unspecified atom stereocenters. The molecule has 0 radical (unpaired) electrons. The fourth-order valence-electron chi connectivity index (χ4n) is 1.93. The number of aromatic nitrogens is 1. The Hall–Kier alpha value is -1.05. The van der Waals surface area contributed by atoms with Crippen molar-refractivity contribution in [3.8, 4) is 0 Å². The van der Waals surface area contributed by atoms with Gasteiger partial charge in [0.25, 0.3) is 0 Å². The fraction of sp³-hybridized carbons (Fsp3) is 0.643. The summed E-state index contributed by atoms with van der Waals surface area (Å²) in [5.41, 5.74) is 1.30. The van der Waals surface area contributed by atoms with Gasteiger partial charge >= 0.3 is 0 Å². The minimum atomic E-state index is 0.885. The van der Waals surface area contributed by atoms with E-state index in [1.54, 1.807) is 0 Å². The summed E-state index contributed by atoms with van der Waals surface area (Å²) in [7, 11) is 0. The van der Waals surface area contributed by atoms with Crippen molar-refractivity contribution >= 4 is 5.82 Å². The van der Waals surface area contributed by atoms with Crippen molar-refractivity contribution in [2.45, 2.75) is 40.5 Å². The van der Waals surface area contributed by atoms with Gasteiger partial charge in [0.2, 0.25) is 0 Å². The molecular formula is C14H24N2. The predicted octanol–water partition coefficient (Wildman–Crippen LogP) is 3.65. The number of piperidine rings is 1. The average Bonchev–Trinajstić information content (AvgIpc) is 2.32. The topological polar surface area (TPSA) is 16.1 Å². The van der Waals surface area contributed by atoms with Crippen molar-refractivity contribution < 1.29 is 0 Å². The second kappa shape index (κ2) is 6.51. The average molecular weight is 220 g/mol. The lowest BCUT2D eigenvalue weighted by molar-refractivity contribution is 0.436. The molecule has 0 amide bonds. The molecule has 0 aliphatic carbocycles. The molecule has 0 aromatic carbocycles. The Kier molecular flexibility index (Phi) is 5.30. The lowest BCUT2D eigenvalue weighted by Gasteiger charge is -2.31. The summed E-state index contributed by atoms with van der Waals surface area (Å²) in [5.74, 6) is 2.04. The highest BCUT2D eigenvalue weighted by atomic mass is 15.2. The number of nitrogens with zero attached hydrogens (tertiary/aromatic N) is 2. The zero-order valence-corrected chi connectivity index (χ0v) is 11.0. The maximum Gasteiger partial charge on any atom is 0.128 e. The molecular weight excluding hydrogens is 196 g/mol. The molecule has 2 heteroatoms. The number of rotatable bonds is 1. The van der Waals surface area contributed by atoms with E-state index >= 15 is 0 Å². The Bertz CT molecular complexity index is 301. The smallest absolute Gasteiger partial charge is 0.128 e. The van der Waals surface area contributed by atoms with E-state index in [2.05, 4.69) is 35.9 Å². The lowest BCUT2D eigenvalue weighted by Crippen LogP contribution is -2.33. The molecule has 0 bridgehead atoms. The van der Waals surface area contributed by atoms with Crippen LogP contribution in [0.15, 0.2) is 18.3 Å². The van der Waals surface area contributed by atoms with Crippen LogP contribution in [0, 0.1) is 12.8 Å². The molecule has 1 aromatic rings. The Morgan fingerprint density at radius 1 is 1.25 bits per heavy atom. The lowest BCUT2D eigenvalue weighted by atomic mass is 9.99. The number of pyridine rings is 1.